The molecule has 3 aromatic rings. The molecule has 1 amide bonds. The zero-order chi connectivity index (χ0) is 23.6. The third-order valence-corrected chi connectivity index (χ3v) is 5.10. The van der Waals surface area contributed by atoms with Gasteiger partial charge in [-0.15, -0.1) is 13.2 Å². The smallest absolute Gasteiger partial charge is 0.432 e. The molecule has 2 atom stereocenters. The van der Waals surface area contributed by atoms with Crippen LogP contribution in [0.5, 0.6) is 5.75 Å². The zero-order valence-corrected chi connectivity index (χ0v) is 17.4. The molecule has 1 fully saturated rings. The lowest BCUT2D eigenvalue weighted by Gasteiger charge is -2.17. The van der Waals surface area contributed by atoms with Crippen LogP contribution in [0.3, 0.4) is 0 Å². The number of ether oxygens (including phenoxy) is 1. The Bertz CT molecular complexity index is 1180. The second-order valence-corrected chi connectivity index (χ2v) is 7.60. The largest absolute Gasteiger partial charge is 0.573 e. The molecule has 12 heteroatoms. The zero-order valence-electron chi connectivity index (χ0n) is 17.4. The number of oxazole rings is 1. The van der Waals surface area contributed by atoms with Crippen LogP contribution in [0.4, 0.5) is 13.2 Å². The molecule has 2 aromatic heterocycles. The van der Waals surface area contributed by atoms with E-state index in [2.05, 4.69) is 26.3 Å². The molecular formula is C21H19F3N6O3. The molecule has 3 heterocycles. The number of halogens is 3. The molecule has 0 unspecified atom stereocenters. The summed E-state index contributed by atoms with van der Waals surface area (Å²) >= 11 is 0. The predicted molar refractivity (Wildman–Crippen MR) is 108 cm³/mol. The van der Waals surface area contributed by atoms with Gasteiger partial charge in [0.1, 0.15) is 5.75 Å². The van der Waals surface area contributed by atoms with Crippen molar-refractivity contribution in [2.24, 2.45) is 0 Å². The van der Waals surface area contributed by atoms with E-state index in [1.165, 1.54) is 18.3 Å². The number of rotatable bonds is 6. The third kappa shape index (κ3) is 5.43. The van der Waals surface area contributed by atoms with E-state index in [1.807, 2.05) is 19.2 Å². The highest BCUT2D eigenvalue weighted by molar-refractivity contribution is 5.90. The summed E-state index contributed by atoms with van der Waals surface area (Å²) in [5.74, 6) is -1.11. The van der Waals surface area contributed by atoms with Gasteiger partial charge in [-0.3, -0.25) is 9.48 Å². The van der Waals surface area contributed by atoms with E-state index in [9.17, 15) is 23.2 Å². The van der Waals surface area contributed by atoms with Gasteiger partial charge in [0, 0.05) is 24.3 Å². The Hall–Kier alpha value is -4.01. The first-order chi connectivity index (χ1) is 15.7. The van der Waals surface area contributed by atoms with Crippen molar-refractivity contribution in [3.8, 4) is 23.3 Å². The van der Waals surface area contributed by atoms with E-state index in [-0.39, 0.29) is 29.3 Å². The molecule has 0 saturated carbocycles. The van der Waals surface area contributed by atoms with E-state index in [1.54, 1.807) is 9.58 Å². The fourth-order valence-electron chi connectivity index (χ4n) is 3.70. The van der Waals surface area contributed by atoms with Crippen molar-refractivity contribution in [2.75, 3.05) is 6.54 Å². The number of amides is 1. The maximum Gasteiger partial charge on any atom is 0.573 e. The van der Waals surface area contributed by atoms with Crippen LogP contribution in [0, 0.1) is 18.4 Å². The first-order valence-corrected chi connectivity index (χ1v) is 9.99. The number of aryl methyl sites for hydroxylation is 1. The molecule has 1 aliphatic rings. The first kappa shape index (κ1) is 22.2. The van der Waals surface area contributed by atoms with Gasteiger partial charge in [0.15, 0.2) is 12.0 Å². The lowest BCUT2D eigenvalue weighted by molar-refractivity contribution is -0.274. The average molecular weight is 460 g/mol. The Labute approximate surface area is 186 Å². The summed E-state index contributed by atoms with van der Waals surface area (Å²) in [6.45, 7) is 2.71. The number of carbonyl (C=O) groups is 1. The molecule has 1 N–H and O–H groups in total. The van der Waals surface area contributed by atoms with Crippen molar-refractivity contribution in [3.05, 3.63) is 54.3 Å². The number of benzene rings is 1. The van der Waals surface area contributed by atoms with E-state index in [4.69, 9.17) is 4.42 Å². The summed E-state index contributed by atoms with van der Waals surface area (Å²) in [4.78, 5) is 18.1. The van der Waals surface area contributed by atoms with Gasteiger partial charge >= 0.3 is 12.3 Å². The standard InChI is InChI=1S/C21H19F3N6O3/c1-13-5-6-30(28-13)11-16-8-15(10-29(16)12-25)27-19(31)20-26-9-18(32-20)14-3-2-4-17(7-14)33-21(22,23)24/h2-7,9,15-16H,8,10-11H2,1H3,(H,27,31)/t15-,16+/m1/s1. The highest BCUT2D eigenvalue weighted by Crippen LogP contribution is 2.28. The van der Waals surface area contributed by atoms with E-state index >= 15 is 0 Å². The van der Waals surface area contributed by atoms with Gasteiger partial charge in [0.25, 0.3) is 5.89 Å². The summed E-state index contributed by atoms with van der Waals surface area (Å²) in [5, 5.41) is 16.6. The van der Waals surface area contributed by atoms with Crippen LogP contribution in [0.2, 0.25) is 0 Å². The fraction of sp³-hybridized carbons (Fsp3) is 0.333. The maximum absolute atomic E-state index is 12.6. The summed E-state index contributed by atoms with van der Waals surface area (Å²) in [5.41, 5.74) is 1.14. The maximum atomic E-state index is 12.6. The minimum Gasteiger partial charge on any atom is -0.432 e. The molecule has 0 aliphatic carbocycles. The summed E-state index contributed by atoms with van der Waals surface area (Å²) in [6.07, 6.45) is 0.934. The molecule has 33 heavy (non-hydrogen) atoms. The molecule has 9 nitrogen and oxygen atoms in total. The molecule has 4 rings (SSSR count). The van der Waals surface area contributed by atoms with Crippen LogP contribution >= 0.6 is 0 Å². The number of nitrogens with zero attached hydrogens (tertiary/aromatic N) is 5. The second-order valence-electron chi connectivity index (χ2n) is 7.60. The first-order valence-electron chi connectivity index (χ1n) is 9.99. The molecule has 1 aliphatic heterocycles. The normalized spacial score (nSPS) is 18.2. The van der Waals surface area contributed by atoms with Crippen molar-refractivity contribution in [1.82, 2.24) is 25.0 Å². The average Bonchev–Trinajstić information content (AvgIpc) is 3.47. The van der Waals surface area contributed by atoms with Gasteiger partial charge in [-0.25, -0.2) is 4.98 Å². The van der Waals surface area contributed by atoms with E-state index in [0.717, 1.165) is 17.8 Å². The second kappa shape index (κ2) is 8.85. The topological polar surface area (TPSA) is 109 Å². The SMILES string of the molecule is Cc1ccn(C[C@@H]2C[C@@H](NC(=O)c3ncc(-c4cccc(OC(F)(F)F)c4)o3)CN2C#N)n1. The number of hydrogen-bond acceptors (Lipinski definition) is 7. The Balaban J connectivity index is 1.40. The van der Waals surface area contributed by atoms with Crippen molar-refractivity contribution in [3.63, 3.8) is 0 Å². The molecule has 1 saturated heterocycles. The van der Waals surface area contributed by atoms with Crippen molar-refractivity contribution < 1.29 is 27.1 Å². The van der Waals surface area contributed by atoms with Gasteiger partial charge in [-0.05, 0) is 31.5 Å². The van der Waals surface area contributed by atoms with Gasteiger partial charge in [-0.1, -0.05) is 12.1 Å². The van der Waals surface area contributed by atoms with Gasteiger partial charge in [-0.2, -0.15) is 10.4 Å². The van der Waals surface area contributed by atoms with Crippen LogP contribution in [0.25, 0.3) is 11.3 Å². The minimum atomic E-state index is -4.82. The van der Waals surface area contributed by atoms with E-state index in [0.29, 0.717) is 19.5 Å². The van der Waals surface area contributed by atoms with Gasteiger partial charge in [0.05, 0.1) is 24.5 Å². The Morgan fingerprint density at radius 2 is 2.21 bits per heavy atom. The number of hydrogen-bond donors (Lipinski definition) is 1. The number of nitrogens with one attached hydrogen (secondary N) is 1. The molecule has 1 aromatic carbocycles. The van der Waals surface area contributed by atoms with Crippen molar-refractivity contribution in [2.45, 2.75) is 38.3 Å². The molecule has 0 radical (unpaired) electrons. The molecule has 172 valence electrons. The number of nitriles is 1. The Morgan fingerprint density at radius 3 is 2.91 bits per heavy atom. The number of aromatic nitrogens is 3. The monoisotopic (exact) mass is 460 g/mol. The Morgan fingerprint density at radius 1 is 1.39 bits per heavy atom. The lowest BCUT2D eigenvalue weighted by atomic mass is 10.1. The predicted octanol–water partition coefficient (Wildman–Crippen LogP) is 3.10. The summed E-state index contributed by atoms with van der Waals surface area (Å²) in [6, 6.07) is 6.61. The van der Waals surface area contributed by atoms with Gasteiger partial charge in [0.2, 0.25) is 0 Å². The molecule has 0 spiro atoms. The van der Waals surface area contributed by atoms with Crippen LogP contribution < -0.4 is 10.1 Å². The van der Waals surface area contributed by atoms with E-state index < -0.39 is 18.0 Å². The summed E-state index contributed by atoms with van der Waals surface area (Å²) in [7, 11) is 0. The lowest BCUT2D eigenvalue weighted by Crippen LogP contribution is -2.36. The quantitative estimate of drug-likeness (QED) is 0.563. The summed E-state index contributed by atoms with van der Waals surface area (Å²) < 4.78 is 48.4. The van der Waals surface area contributed by atoms with Crippen LogP contribution in [0.15, 0.2) is 47.1 Å². The van der Waals surface area contributed by atoms with Crippen molar-refractivity contribution >= 4 is 5.91 Å². The minimum absolute atomic E-state index is 0.116. The molecule has 0 bridgehead atoms. The van der Waals surface area contributed by atoms with Gasteiger partial charge < -0.3 is 19.4 Å². The number of likely N-dealkylation sites (tertiary alicyclic amines) is 1. The van der Waals surface area contributed by atoms with Crippen LogP contribution in [-0.2, 0) is 6.54 Å². The Kier molecular flexibility index (Phi) is 5.95. The fourth-order valence-corrected chi connectivity index (χ4v) is 3.70. The van der Waals surface area contributed by atoms with Crippen LogP contribution in [0.1, 0.15) is 22.8 Å². The third-order valence-electron chi connectivity index (χ3n) is 5.10. The number of alkyl halides is 3. The number of carbonyl (C=O) groups excluding carboxylic acids is 1. The molecular weight excluding hydrogens is 441 g/mol. The highest BCUT2D eigenvalue weighted by Gasteiger charge is 2.34. The van der Waals surface area contributed by atoms with Crippen LogP contribution in [-0.4, -0.2) is 50.6 Å². The van der Waals surface area contributed by atoms with Crippen molar-refractivity contribution in [1.29, 1.82) is 5.26 Å². The highest BCUT2D eigenvalue weighted by atomic mass is 19.4.